The molecule has 2 amide bonds. The average Bonchev–Trinajstić information content (AvgIpc) is 3.54. The summed E-state index contributed by atoms with van der Waals surface area (Å²) in [6.07, 6.45) is 6.05. The summed E-state index contributed by atoms with van der Waals surface area (Å²) in [4.78, 5) is 21.8. The number of carbonyl (C=O) groups is 1. The summed E-state index contributed by atoms with van der Waals surface area (Å²) in [5, 5.41) is 3.29. The maximum Gasteiger partial charge on any atom is 0.317 e. The number of pyridine rings is 1. The molecule has 1 aromatic heterocycles. The third-order valence-electron chi connectivity index (χ3n) is 6.68. The maximum absolute atomic E-state index is 13.0. The van der Waals surface area contributed by atoms with Gasteiger partial charge in [-0.1, -0.05) is 12.1 Å². The monoisotopic (exact) mass is 392 g/mol. The molecule has 2 aliphatic heterocycles. The molecule has 1 saturated heterocycles. The summed E-state index contributed by atoms with van der Waals surface area (Å²) < 4.78 is 5.42. The molecule has 3 heterocycles. The van der Waals surface area contributed by atoms with E-state index in [0.717, 1.165) is 56.9 Å². The minimum atomic E-state index is 0.0778. The standard InChI is InChI=1S/C23H28N4O2/c1-29-19-6-5-17-15-27(16-23(9-10-23)20(17)14-19)22(28)25-18-7-12-26(13-8-18)21-4-2-3-11-24-21/h2-6,11,14,18H,7-10,12-13,15-16H2,1H3,(H,25,28). The van der Waals surface area contributed by atoms with E-state index >= 15 is 0 Å². The third-order valence-corrected chi connectivity index (χ3v) is 6.68. The van der Waals surface area contributed by atoms with Crippen molar-refractivity contribution in [2.45, 2.75) is 43.7 Å². The Morgan fingerprint density at radius 3 is 2.72 bits per heavy atom. The second-order valence-electron chi connectivity index (χ2n) is 8.56. The van der Waals surface area contributed by atoms with Crippen LogP contribution in [0.4, 0.5) is 10.6 Å². The molecular weight excluding hydrogens is 364 g/mol. The number of amides is 2. The van der Waals surface area contributed by atoms with E-state index in [4.69, 9.17) is 4.74 Å². The molecule has 2 fully saturated rings. The number of hydrogen-bond acceptors (Lipinski definition) is 4. The molecule has 6 heteroatoms. The van der Waals surface area contributed by atoms with Crippen molar-refractivity contribution < 1.29 is 9.53 Å². The highest BCUT2D eigenvalue weighted by molar-refractivity contribution is 5.75. The minimum Gasteiger partial charge on any atom is -0.497 e. The zero-order valence-electron chi connectivity index (χ0n) is 16.9. The normalized spacial score (nSPS) is 20.3. The van der Waals surface area contributed by atoms with Crippen molar-refractivity contribution >= 4 is 11.8 Å². The van der Waals surface area contributed by atoms with Crippen LogP contribution in [0.3, 0.4) is 0 Å². The fourth-order valence-electron chi connectivity index (χ4n) is 4.81. The number of nitrogens with zero attached hydrogens (tertiary/aromatic N) is 3. The molecule has 152 valence electrons. The summed E-state index contributed by atoms with van der Waals surface area (Å²) in [6, 6.07) is 12.6. The lowest BCUT2D eigenvalue weighted by molar-refractivity contribution is 0.177. The van der Waals surface area contributed by atoms with E-state index in [1.807, 2.05) is 35.4 Å². The van der Waals surface area contributed by atoms with Gasteiger partial charge in [-0.15, -0.1) is 0 Å². The Morgan fingerprint density at radius 1 is 1.21 bits per heavy atom. The Kier molecular flexibility index (Phi) is 4.57. The molecule has 0 unspecified atom stereocenters. The first-order chi connectivity index (χ1) is 14.2. The lowest BCUT2D eigenvalue weighted by Crippen LogP contribution is -2.52. The number of ether oxygens (including phenoxy) is 1. The molecule has 1 aromatic carbocycles. The average molecular weight is 393 g/mol. The second-order valence-corrected chi connectivity index (χ2v) is 8.56. The number of carbonyl (C=O) groups excluding carboxylic acids is 1. The van der Waals surface area contributed by atoms with Crippen LogP contribution in [0.1, 0.15) is 36.8 Å². The molecule has 1 saturated carbocycles. The first-order valence-electron chi connectivity index (χ1n) is 10.6. The van der Waals surface area contributed by atoms with Gasteiger partial charge in [-0.05, 0) is 61.1 Å². The number of methoxy groups -OCH3 is 1. The van der Waals surface area contributed by atoms with E-state index in [-0.39, 0.29) is 17.5 Å². The Labute approximate surface area is 171 Å². The highest BCUT2D eigenvalue weighted by atomic mass is 16.5. The summed E-state index contributed by atoms with van der Waals surface area (Å²) in [7, 11) is 1.71. The third kappa shape index (κ3) is 3.52. The van der Waals surface area contributed by atoms with Gasteiger partial charge in [0.1, 0.15) is 11.6 Å². The SMILES string of the molecule is COc1ccc2c(c1)C1(CC1)CN(C(=O)NC1CCN(c3ccccn3)CC1)C2. The fraction of sp³-hybridized carbons (Fsp3) is 0.478. The Hall–Kier alpha value is -2.76. The fourth-order valence-corrected chi connectivity index (χ4v) is 4.81. The molecule has 29 heavy (non-hydrogen) atoms. The van der Waals surface area contributed by atoms with Gasteiger partial charge in [-0.2, -0.15) is 0 Å². The van der Waals surface area contributed by atoms with Gasteiger partial charge < -0.3 is 19.9 Å². The molecule has 0 radical (unpaired) electrons. The van der Waals surface area contributed by atoms with Crippen molar-refractivity contribution in [3.8, 4) is 5.75 Å². The number of benzene rings is 1. The van der Waals surface area contributed by atoms with E-state index in [1.165, 1.54) is 11.1 Å². The van der Waals surface area contributed by atoms with Crippen LogP contribution in [0.25, 0.3) is 0 Å². The molecular formula is C23H28N4O2. The number of aromatic nitrogens is 1. The van der Waals surface area contributed by atoms with Crippen LogP contribution in [0.2, 0.25) is 0 Å². The summed E-state index contributed by atoms with van der Waals surface area (Å²) in [6.45, 7) is 3.34. The van der Waals surface area contributed by atoms with Crippen molar-refractivity contribution in [2.24, 2.45) is 0 Å². The van der Waals surface area contributed by atoms with Gasteiger partial charge in [0.2, 0.25) is 0 Å². The molecule has 0 atom stereocenters. The predicted molar refractivity (Wildman–Crippen MR) is 112 cm³/mol. The topological polar surface area (TPSA) is 57.7 Å². The predicted octanol–water partition coefficient (Wildman–Crippen LogP) is 3.32. The zero-order chi connectivity index (χ0) is 19.8. The highest BCUT2D eigenvalue weighted by Gasteiger charge is 2.50. The lowest BCUT2D eigenvalue weighted by Gasteiger charge is -2.38. The zero-order valence-corrected chi connectivity index (χ0v) is 16.9. The molecule has 5 rings (SSSR count). The number of urea groups is 1. The lowest BCUT2D eigenvalue weighted by atomic mass is 9.87. The van der Waals surface area contributed by atoms with Gasteiger partial charge in [0, 0.05) is 43.8 Å². The van der Waals surface area contributed by atoms with Crippen LogP contribution in [-0.4, -0.2) is 48.7 Å². The molecule has 6 nitrogen and oxygen atoms in total. The van der Waals surface area contributed by atoms with Gasteiger partial charge >= 0.3 is 6.03 Å². The smallest absolute Gasteiger partial charge is 0.317 e. The Balaban J connectivity index is 1.21. The van der Waals surface area contributed by atoms with Gasteiger partial charge in [0.25, 0.3) is 0 Å². The number of hydrogen-bond donors (Lipinski definition) is 1. The van der Waals surface area contributed by atoms with E-state index in [1.54, 1.807) is 7.11 Å². The number of fused-ring (bicyclic) bond motifs is 2. The first-order valence-corrected chi connectivity index (χ1v) is 10.6. The highest BCUT2D eigenvalue weighted by Crippen LogP contribution is 2.53. The summed E-state index contributed by atoms with van der Waals surface area (Å²) >= 11 is 0. The van der Waals surface area contributed by atoms with Crippen molar-refractivity contribution in [3.05, 3.63) is 53.7 Å². The Morgan fingerprint density at radius 2 is 2.03 bits per heavy atom. The second kappa shape index (κ2) is 7.25. The van der Waals surface area contributed by atoms with Gasteiger partial charge in [-0.3, -0.25) is 0 Å². The quantitative estimate of drug-likeness (QED) is 0.871. The van der Waals surface area contributed by atoms with E-state index < -0.39 is 0 Å². The van der Waals surface area contributed by atoms with Crippen LogP contribution in [0, 0.1) is 0 Å². The van der Waals surface area contributed by atoms with Crippen molar-refractivity contribution in [3.63, 3.8) is 0 Å². The van der Waals surface area contributed by atoms with Crippen LogP contribution >= 0.6 is 0 Å². The number of piperidine rings is 1. The molecule has 2 aromatic rings. The van der Waals surface area contributed by atoms with Crippen LogP contribution < -0.4 is 15.0 Å². The van der Waals surface area contributed by atoms with Gasteiger partial charge in [0.15, 0.2) is 0 Å². The van der Waals surface area contributed by atoms with Crippen LogP contribution in [0.15, 0.2) is 42.6 Å². The van der Waals surface area contributed by atoms with Crippen molar-refractivity contribution in [2.75, 3.05) is 31.6 Å². The largest absolute Gasteiger partial charge is 0.497 e. The van der Waals surface area contributed by atoms with Crippen LogP contribution in [-0.2, 0) is 12.0 Å². The van der Waals surface area contributed by atoms with E-state index in [2.05, 4.69) is 27.3 Å². The first kappa shape index (κ1) is 18.3. The Bertz CT molecular complexity index is 889. The molecule has 3 aliphatic rings. The van der Waals surface area contributed by atoms with Gasteiger partial charge in [0.05, 0.1) is 7.11 Å². The summed E-state index contributed by atoms with van der Waals surface area (Å²) in [5.41, 5.74) is 2.78. The molecule has 0 bridgehead atoms. The number of rotatable bonds is 3. The molecule has 1 spiro atoms. The summed E-state index contributed by atoms with van der Waals surface area (Å²) in [5.74, 6) is 1.93. The van der Waals surface area contributed by atoms with Gasteiger partial charge in [-0.25, -0.2) is 9.78 Å². The van der Waals surface area contributed by atoms with Crippen LogP contribution in [0.5, 0.6) is 5.75 Å². The van der Waals surface area contributed by atoms with Crippen molar-refractivity contribution in [1.82, 2.24) is 15.2 Å². The van der Waals surface area contributed by atoms with Crippen molar-refractivity contribution in [1.29, 1.82) is 0 Å². The molecule has 1 aliphatic carbocycles. The number of nitrogens with one attached hydrogen (secondary N) is 1. The maximum atomic E-state index is 13.0. The number of anilines is 1. The van der Waals surface area contributed by atoms with E-state index in [9.17, 15) is 4.79 Å². The van der Waals surface area contributed by atoms with E-state index in [0.29, 0.717) is 6.54 Å². The molecule has 1 N–H and O–H groups in total. The minimum absolute atomic E-state index is 0.0778.